The number of ether oxygens (including phenoxy) is 1. The van der Waals surface area contributed by atoms with Gasteiger partial charge in [0.25, 0.3) is 0 Å². The summed E-state index contributed by atoms with van der Waals surface area (Å²) in [5, 5.41) is 3.27. The van der Waals surface area contributed by atoms with Crippen molar-refractivity contribution in [3.8, 4) is 17.1 Å². The number of benzene rings is 1. The van der Waals surface area contributed by atoms with E-state index >= 15 is 0 Å². The molecule has 1 aromatic heterocycles. The Morgan fingerprint density at radius 2 is 2.11 bits per heavy atom. The van der Waals surface area contributed by atoms with Crippen LogP contribution in [-0.4, -0.2) is 18.1 Å². The Morgan fingerprint density at radius 1 is 1.33 bits per heavy atom. The molecule has 18 heavy (non-hydrogen) atoms. The molecule has 0 unspecified atom stereocenters. The van der Waals surface area contributed by atoms with Crippen molar-refractivity contribution in [3.05, 3.63) is 36.4 Å². The Balaban J connectivity index is 2.18. The molecule has 1 heterocycles. The molecule has 4 nitrogen and oxygen atoms in total. The molecule has 0 fully saturated rings. The molecule has 0 radical (unpaired) electrons. The zero-order valence-corrected chi connectivity index (χ0v) is 10.9. The van der Waals surface area contributed by atoms with Crippen molar-refractivity contribution in [1.82, 2.24) is 10.3 Å². The largest absolute Gasteiger partial charge is 0.496 e. The van der Waals surface area contributed by atoms with Gasteiger partial charge >= 0.3 is 0 Å². The quantitative estimate of drug-likeness (QED) is 0.881. The summed E-state index contributed by atoms with van der Waals surface area (Å²) in [4.78, 5) is 4.26. The molecule has 0 aliphatic rings. The Labute approximate surface area is 107 Å². The first kappa shape index (κ1) is 12.6. The van der Waals surface area contributed by atoms with E-state index in [-0.39, 0.29) is 0 Å². The summed E-state index contributed by atoms with van der Waals surface area (Å²) >= 11 is 0. The highest BCUT2D eigenvalue weighted by Gasteiger charge is 2.10. The fourth-order valence-corrected chi connectivity index (χ4v) is 1.66. The summed E-state index contributed by atoms with van der Waals surface area (Å²) in [5.41, 5.74) is 0.920. The maximum atomic E-state index is 5.71. The van der Waals surface area contributed by atoms with Crippen molar-refractivity contribution in [2.75, 3.05) is 7.11 Å². The SMILES string of the molecule is COc1ccccc1-c1cnc(CNC(C)C)o1. The van der Waals surface area contributed by atoms with E-state index < -0.39 is 0 Å². The molecule has 0 bridgehead atoms. The lowest BCUT2D eigenvalue weighted by Gasteiger charge is -2.05. The molecule has 2 rings (SSSR count). The van der Waals surface area contributed by atoms with Gasteiger partial charge in [0, 0.05) is 6.04 Å². The number of oxazole rings is 1. The highest BCUT2D eigenvalue weighted by atomic mass is 16.5. The summed E-state index contributed by atoms with van der Waals surface area (Å²) in [5.74, 6) is 2.20. The highest BCUT2D eigenvalue weighted by molar-refractivity contribution is 5.64. The van der Waals surface area contributed by atoms with Gasteiger partial charge in [-0.2, -0.15) is 0 Å². The molecule has 0 saturated heterocycles. The average Bonchev–Trinajstić information content (AvgIpc) is 2.85. The van der Waals surface area contributed by atoms with Crippen molar-refractivity contribution in [2.45, 2.75) is 26.4 Å². The number of hydrogen-bond donors (Lipinski definition) is 1. The van der Waals surface area contributed by atoms with Gasteiger partial charge in [-0.15, -0.1) is 0 Å². The molecule has 4 heteroatoms. The minimum atomic E-state index is 0.409. The fourth-order valence-electron chi connectivity index (χ4n) is 1.66. The molecular weight excluding hydrogens is 228 g/mol. The van der Waals surface area contributed by atoms with Crippen LogP contribution in [0.2, 0.25) is 0 Å². The van der Waals surface area contributed by atoms with Crippen LogP contribution < -0.4 is 10.1 Å². The summed E-state index contributed by atoms with van der Waals surface area (Å²) in [6, 6.07) is 8.15. The van der Waals surface area contributed by atoms with Gasteiger partial charge in [-0.1, -0.05) is 26.0 Å². The Morgan fingerprint density at radius 3 is 2.83 bits per heavy atom. The normalized spacial score (nSPS) is 10.9. The lowest BCUT2D eigenvalue weighted by atomic mass is 10.1. The fraction of sp³-hybridized carbons (Fsp3) is 0.357. The minimum absolute atomic E-state index is 0.409. The first-order valence-corrected chi connectivity index (χ1v) is 6.02. The molecular formula is C14H18N2O2. The van der Waals surface area contributed by atoms with Crippen LogP contribution in [0.1, 0.15) is 19.7 Å². The third-order valence-corrected chi connectivity index (χ3v) is 2.59. The number of hydrogen-bond acceptors (Lipinski definition) is 4. The molecule has 0 saturated carbocycles. The summed E-state index contributed by atoms with van der Waals surface area (Å²) in [7, 11) is 1.65. The van der Waals surface area contributed by atoms with Crippen LogP contribution >= 0.6 is 0 Å². The molecule has 0 amide bonds. The van der Waals surface area contributed by atoms with Gasteiger partial charge < -0.3 is 14.5 Å². The maximum absolute atomic E-state index is 5.71. The van der Waals surface area contributed by atoms with E-state index in [1.807, 2.05) is 24.3 Å². The second kappa shape index (κ2) is 5.69. The van der Waals surface area contributed by atoms with Gasteiger partial charge in [-0.25, -0.2) is 4.98 Å². The molecule has 1 N–H and O–H groups in total. The Bertz CT molecular complexity index is 506. The van der Waals surface area contributed by atoms with Crippen LogP contribution in [0.3, 0.4) is 0 Å². The molecule has 96 valence electrons. The van der Waals surface area contributed by atoms with Crippen molar-refractivity contribution in [2.24, 2.45) is 0 Å². The first-order valence-electron chi connectivity index (χ1n) is 6.02. The third-order valence-electron chi connectivity index (χ3n) is 2.59. The number of nitrogens with one attached hydrogen (secondary N) is 1. The van der Waals surface area contributed by atoms with Crippen LogP contribution in [0, 0.1) is 0 Å². The topological polar surface area (TPSA) is 47.3 Å². The predicted molar refractivity (Wildman–Crippen MR) is 70.5 cm³/mol. The maximum Gasteiger partial charge on any atom is 0.208 e. The molecule has 0 spiro atoms. The van der Waals surface area contributed by atoms with Gasteiger partial charge in [-0.05, 0) is 12.1 Å². The zero-order valence-electron chi connectivity index (χ0n) is 10.9. The highest BCUT2D eigenvalue weighted by Crippen LogP contribution is 2.29. The van der Waals surface area contributed by atoms with Crippen LogP contribution in [0.5, 0.6) is 5.75 Å². The third kappa shape index (κ3) is 2.90. The van der Waals surface area contributed by atoms with Crippen molar-refractivity contribution >= 4 is 0 Å². The number of nitrogens with zero attached hydrogens (tertiary/aromatic N) is 1. The summed E-state index contributed by atoms with van der Waals surface area (Å²) in [6.45, 7) is 4.81. The molecule has 0 aliphatic carbocycles. The molecule has 0 atom stereocenters. The Kier molecular flexibility index (Phi) is 3.99. The monoisotopic (exact) mass is 246 g/mol. The van der Waals surface area contributed by atoms with E-state index in [0.29, 0.717) is 18.5 Å². The van der Waals surface area contributed by atoms with Crippen LogP contribution in [-0.2, 0) is 6.54 Å². The number of rotatable bonds is 5. The molecule has 0 aliphatic heterocycles. The first-order chi connectivity index (χ1) is 8.70. The molecule has 1 aromatic carbocycles. The average molecular weight is 246 g/mol. The lowest BCUT2D eigenvalue weighted by Crippen LogP contribution is -2.21. The number of para-hydroxylation sites is 1. The van der Waals surface area contributed by atoms with Crippen LogP contribution in [0.4, 0.5) is 0 Å². The van der Waals surface area contributed by atoms with Gasteiger partial charge in [-0.3, -0.25) is 0 Å². The number of aromatic nitrogens is 1. The van der Waals surface area contributed by atoms with Gasteiger partial charge in [0.2, 0.25) is 5.89 Å². The second-order valence-electron chi connectivity index (χ2n) is 4.35. The van der Waals surface area contributed by atoms with Crippen molar-refractivity contribution in [3.63, 3.8) is 0 Å². The van der Waals surface area contributed by atoms with Crippen LogP contribution in [0.25, 0.3) is 11.3 Å². The smallest absolute Gasteiger partial charge is 0.208 e. The zero-order chi connectivity index (χ0) is 13.0. The van der Waals surface area contributed by atoms with Crippen LogP contribution in [0.15, 0.2) is 34.9 Å². The summed E-state index contributed by atoms with van der Waals surface area (Å²) < 4.78 is 11.0. The van der Waals surface area contributed by atoms with Crippen molar-refractivity contribution < 1.29 is 9.15 Å². The van der Waals surface area contributed by atoms with Gasteiger partial charge in [0.1, 0.15) is 5.75 Å². The summed E-state index contributed by atoms with van der Waals surface area (Å²) in [6.07, 6.45) is 1.73. The van der Waals surface area contributed by atoms with E-state index in [0.717, 1.165) is 17.1 Å². The number of methoxy groups -OCH3 is 1. The van der Waals surface area contributed by atoms with Gasteiger partial charge in [0.15, 0.2) is 5.76 Å². The van der Waals surface area contributed by atoms with E-state index in [1.54, 1.807) is 13.3 Å². The predicted octanol–water partition coefficient (Wildman–Crippen LogP) is 2.85. The van der Waals surface area contributed by atoms with E-state index in [9.17, 15) is 0 Å². The van der Waals surface area contributed by atoms with Crippen molar-refractivity contribution in [1.29, 1.82) is 0 Å². The lowest BCUT2D eigenvalue weighted by molar-refractivity contribution is 0.412. The van der Waals surface area contributed by atoms with E-state index in [1.165, 1.54) is 0 Å². The Hall–Kier alpha value is -1.81. The molecule has 2 aromatic rings. The second-order valence-corrected chi connectivity index (χ2v) is 4.35. The van der Waals surface area contributed by atoms with E-state index in [4.69, 9.17) is 9.15 Å². The van der Waals surface area contributed by atoms with E-state index in [2.05, 4.69) is 24.1 Å². The standard InChI is InChI=1S/C14H18N2O2/c1-10(2)15-9-14-16-8-13(18-14)11-6-4-5-7-12(11)17-3/h4-8,10,15H,9H2,1-3H3. The minimum Gasteiger partial charge on any atom is -0.496 e. The van der Waals surface area contributed by atoms with Gasteiger partial charge in [0.05, 0.1) is 25.4 Å².